The summed E-state index contributed by atoms with van der Waals surface area (Å²) in [6, 6.07) is 0. The molecule has 1 heterocycles. The van der Waals surface area contributed by atoms with E-state index in [0.717, 1.165) is 26.3 Å². The summed E-state index contributed by atoms with van der Waals surface area (Å²) in [6.07, 6.45) is 5.36. The highest BCUT2D eigenvalue weighted by molar-refractivity contribution is 4.93. The number of nitrogens with zero attached hydrogens (tertiary/aromatic N) is 1. The maximum Gasteiger partial charge on any atom is 0.0645 e. The van der Waals surface area contributed by atoms with Crippen molar-refractivity contribution in [3.05, 3.63) is 0 Å². The molecule has 2 aliphatic rings. The van der Waals surface area contributed by atoms with Gasteiger partial charge in [0, 0.05) is 18.6 Å². The highest BCUT2D eigenvalue weighted by Gasteiger charge is 2.39. The molecule has 0 atom stereocenters. The van der Waals surface area contributed by atoms with E-state index in [0.29, 0.717) is 5.41 Å². The number of hydrogen-bond acceptors (Lipinski definition) is 3. The Morgan fingerprint density at radius 2 is 1.94 bits per heavy atom. The van der Waals surface area contributed by atoms with Crippen LogP contribution in [0.3, 0.4) is 0 Å². The van der Waals surface area contributed by atoms with Crippen molar-refractivity contribution in [2.75, 3.05) is 32.8 Å². The zero-order valence-electron chi connectivity index (χ0n) is 10.8. The standard InChI is InChI=1S/C13H26N2O/c1-12(2)11-16-8-7-15(12)10-13(9-14)5-3-4-6-13/h3-11,14H2,1-2H3. The van der Waals surface area contributed by atoms with E-state index in [9.17, 15) is 0 Å². The lowest BCUT2D eigenvalue weighted by molar-refractivity contribution is -0.0668. The predicted molar refractivity (Wildman–Crippen MR) is 66.4 cm³/mol. The molecule has 0 unspecified atom stereocenters. The Morgan fingerprint density at radius 1 is 1.25 bits per heavy atom. The van der Waals surface area contributed by atoms with E-state index in [1.165, 1.54) is 32.2 Å². The van der Waals surface area contributed by atoms with Gasteiger partial charge in [0.2, 0.25) is 0 Å². The molecule has 0 bridgehead atoms. The normalized spacial score (nSPS) is 29.4. The first-order valence-electron chi connectivity index (χ1n) is 6.61. The molecule has 94 valence electrons. The Labute approximate surface area is 99.3 Å². The minimum atomic E-state index is 0.184. The highest BCUT2D eigenvalue weighted by Crippen LogP contribution is 2.39. The monoisotopic (exact) mass is 226 g/mol. The first kappa shape index (κ1) is 12.3. The second-order valence-corrected chi connectivity index (χ2v) is 6.20. The van der Waals surface area contributed by atoms with Crippen LogP contribution >= 0.6 is 0 Å². The number of morpholine rings is 1. The molecule has 2 N–H and O–H groups in total. The molecule has 0 aromatic heterocycles. The van der Waals surface area contributed by atoms with Gasteiger partial charge < -0.3 is 10.5 Å². The van der Waals surface area contributed by atoms with Crippen LogP contribution < -0.4 is 5.73 Å². The summed E-state index contributed by atoms with van der Waals surface area (Å²) < 4.78 is 5.57. The predicted octanol–water partition coefficient (Wildman–Crippen LogP) is 1.62. The maximum absolute atomic E-state index is 6.02. The number of rotatable bonds is 3. The van der Waals surface area contributed by atoms with Gasteiger partial charge in [0.05, 0.1) is 13.2 Å². The lowest BCUT2D eigenvalue weighted by atomic mass is 9.84. The molecular weight excluding hydrogens is 200 g/mol. The van der Waals surface area contributed by atoms with Crippen molar-refractivity contribution in [2.45, 2.75) is 45.1 Å². The zero-order valence-corrected chi connectivity index (χ0v) is 10.8. The van der Waals surface area contributed by atoms with Crippen molar-refractivity contribution in [3.63, 3.8) is 0 Å². The van der Waals surface area contributed by atoms with Crippen molar-refractivity contribution in [2.24, 2.45) is 11.1 Å². The fourth-order valence-corrected chi connectivity index (χ4v) is 3.14. The minimum Gasteiger partial charge on any atom is -0.378 e. The van der Waals surface area contributed by atoms with Crippen molar-refractivity contribution < 1.29 is 4.74 Å². The molecule has 3 nitrogen and oxygen atoms in total. The van der Waals surface area contributed by atoms with Crippen LogP contribution in [-0.4, -0.2) is 43.3 Å². The highest BCUT2D eigenvalue weighted by atomic mass is 16.5. The van der Waals surface area contributed by atoms with Crippen LogP contribution in [0.1, 0.15) is 39.5 Å². The van der Waals surface area contributed by atoms with E-state index in [4.69, 9.17) is 10.5 Å². The molecule has 1 saturated carbocycles. The third-order valence-corrected chi connectivity index (χ3v) is 4.44. The second-order valence-electron chi connectivity index (χ2n) is 6.20. The molecule has 1 aliphatic heterocycles. The minimum absolute atomic E-state index is 0.184. The quantitative estimate of drug-likeness (QED) is 0.794. The molecule has 0 aromatic rings. The third-order valence-electron chi connectivity index (χ3n) is 4.44. The van der Waals surface area contributed by atoms with E-state index in [2.05, 4.69) is 18.7 Å². The van der Waals surface area contributed by atoms with Gasteiger partial charge in [0.1, 0.15) is 0 Å². The van der Waals surface area contributed by atoms with Crippen LogP contribution in [0, 0.1) is 5.41 Å². The Morgan fingerprint density at radius 3 is 2.50 bits per heavy atom. The molecule has 0 radical (unpaired) electrons. The first-order chi connectivity index (χ1) is 7.58. The summed E-state index contributed by atoms with van der Waals surface area (Å²) in [7, 11) is 0. The Hall–Kier alpha value is -0.120. The topological polar surface area (TPSA) is 38.5 Å². The lowest BCUT2D eigenvalue weighted by Gasteiger charge is -2.46. The Balaban J connectivity index is 2.01. The van der Waals surface area contributed by atoms with Crippen LogP contribution in [0.2, 0.25) is 0 Å². The van der Waals surface area contributed by atoms with E-state index < -0.39 is 0 Å². The zero-order chi connectivity index (χ0) is 11.6. The average Bonchev–Trinajstić information content (AvgIpc) is 2.71. The van der Waals surface area contributed by atoms with E-state index >= 15 is 0 Å². The summed E-state index contributed by atoms with van der Waals surface area (Å²) in [5, 5.41) is 0. The van der Waals surface area contributed by atoms with Gasteiger partial charge in [-0.05, 0) is 38.6 Å². The van der Waals surface area contributed by atoms with Gasteiger partial charge in [0.25, 0.3) is 0 Å². The van der Waals surface area contributed by atoms with Gasteiger partial charge in [-0.15, -0.1) is 0 Å². The molecular formula is C13H26N2O. The molecule has 0 aromatic carbocycles. The maximum atomic E-state index is 6.02. The summed E-state index contributed by atoms with van der Waals surface area (Å²) >= 11 is 0. The summed E-state index contributed by atoms with van der Waals surface area (Å²) in [5.74, 6) is 0. The van der Waals surface area contributed by atoms with Crippen LogP contribution in [0.15, 0.2) is 0 Å². The SMILES string of the molecule is CC1(C)COCCN1CC1(CN)CCCC1. The number of hydrogen-bond donors (Lipinski definition) is 1. The third kappa shape index (κ3) is 2.41. The van der Waals surface area contributed by atoms with Crippen molar-refractivity contribution in [3.8, 4) is 0 Å². The van der Waals surface area contributed by atoms with Crippen LogP contribution in [0.5, 0.6) is 0 Å². The van der Waals surface area contributed by atoms with Gasteiger partial charge >= 0.3 is 0 Å². The van der Waals surface area contributed by atoms with Gasteiger partial charge in [-0.3, -0.25) is 4.90 Å². The van der Waals surface area contributed by atoms with Gasteiger partial charge in [0.15, 0.2) is 0 Å². The van der Waals surface area contributed by atoms with Gasteiger partial charge in [-0.25, -0.2) is 0 Å². The molecule has 1 saturated heterocycles. The summed E-state index contributed by atoms with van der Waals surface area (Å²) in [5.41, 5.74) is 6.60. The van der Waals surface area contributed by atoms with E-state index in [1.807, 2.05) is 0 Å². The Kier molecular flexibility index (Phi) is 3.57. The van der Waals surface area contributed by atoms with Crippen LogP contribution in [-0.2, 0) is 4.74 Å². The first-order valence-corrected chi connectivity index (χ1v) is 6.61. The van der Waals surface area contributed by atoms with Gasteiger partial charge in [-0.1, -0.05) is 12.8 Å². The molecule has 16 heavy (non-hydrogen) atoms. The molecule has 0 spiro atoms. The van der Waals surface area contributed by atoms with Gasteiger partial charge in [-0.2, -0.15) is 0 Å². The van der Waals surface area contributed by atoms with Crippen LogP contribution in [0.25, 0.3) is 0 Å². The molecule has 1 aliphatic carbocycles. The fraction of sp³-hybridized carbons (Fsp3) is 1.00. The largest absolute Gasteiger partial charge is 0.378 e. The summed E-state index contributed by atoms with van der Waals surface area (Å²) in [6.45, 7) is 9.38. The average molecular weight is 226 g/mol. The van der Waals surface area contributed by atoms with Crippen molar-refractivity contribution in [1.29, 1.82) is 0 Å². The number of nitrogens with two attached hydrogens (primary N) is 1. The lowest BCUT2D eigenvalue weighted by Crippen LogP contribution is -2.56. The Bertz CT molecular complexity index is 234. The molecule has 3 heteroatoms. The second kappa shape index (κ2) is 4.63. The van der Waals surface area contributed by atoms with Crippen molar-refractivity contribution in [1.82, 2.24) is 4.90 Å². The molecule has 2 rings (SSSR count). The van der Waals surface area contributed by atoms with Crippen LogP contribution in [0.4, 0.5) is 0 Å². The van der Waals surface area contributed by atoms with E-state index in [1.54, 1.807) is 0 Å². The van der Waals surface area contributed by atoms with E-state index in [-0.39, 0.29) is 5.54 Å². The van der Waals surface area contributed by atoms with Crippen molar-refractivity contribution >= 4 is 0 Å². The smallest absolute Gasteiger partial charge is 0.0645 e. The number of ether oxygens (including phenoxy) is 1. The molecule has 0 amide bonds. The fourth-order valence-electron chi connectivity index (χ4n) is 3.14. The summed E-state index contributed by atoms with van der Waals surface area (Å²) in [4.78, 5) is 2.59. The molecule has 2 fully saturated rings.